The molecule has 0 saturated heterocycles. The van der Waals surface area contributed by atoms with Gasteiger partial charge < -0.3 is 29.1 Å². The van der Waals surface area contributed by atoms with Gasteiger partial charge in [-0.3, -0.25) is 4.79 Å². The summed E-state index contributed by atoms with van der Waals surface area (Å²) in [6.07, 6.45) is 6.32. The number of hydrogen-bond donors (Lipinski definition) is 2. The van der Waals surface area contributed by atoms with Crippen LogP contribution in [0.1, 0.15) is 54.3 Å². The predicted molar refractivity (Wildman–Crippen MR) is 234 cm³/mol. The Balaban J connectivity index is 0.000000180. The SMILES string of the molecule is CC[C@H](Oc1ccc2c(cnn2-c2ccc(F)cc2)c1)c1cccc(O)c1.COc1cccc([C@@H](Oc2ccc3c(cnn3-c3ccc(F)cc3)c2)[C@H](C)NC(=O)c2ncco2)c1. The van der Waals surface area contributed by atoms with Gasteiger partial charge >= 0.3 is 5.91 Å². The monoisotopic (exact) mass is 848 g/mol. The number of methoxy groups -OCH3 is 1. The van der Waals surface area contributed by atoms with E-state index < -0.39 is 18.1 Å². The van der Waals surface area contributed by atoms with E-state index >= 15 is 0 Å². The van der Waals surface area contributed by atoms with Crippen molar-refractivity contribution in [2.75, 3.05) is 7.11 Å². The number of carbonyl (C=O) groups excluding carboxylic acids is 1. The molecule has 3 atom stereocenters. The standard InChI is InChI=1S/C27H23FN4O4.C22H19FN2O2/c1-17(31-26(33)27-29-12-13-35-27)25(18-4-3-5-22(14-18)34-2)36-23-10-11-24-19(15-23)16-30-32(24)21-8-6-20(28)7-9-21;1-2-22(15-4-3-5-19(26)12-15)27-20-10-11-21-16(13-20)14-24-25(21)18-8-6-17(23)7-9-18/h3-17,25H,1-2H3,(H,31,33);3-14,22,26H,2H2,1H3/t17-,25-;22-/m00/s1. The van der Waals surface area contributed by atoms with E-state index in [1.54, 1.807) is 65.3 Å². The number of fused-ring (bicyclic) bond motifs is 2. The number of oxazole rings is 1. The van der Waals surface area contributed by atoms with Crippen LogP contribution < -0.4 is 19.5 Å². The average molecular weight is 849 g/mol. The number of aromatic nitrogens is 5. The van der Waals surface area contributed by atoms with Crippen LogP contribution in [0, 0.1) is 11.6 Å². The predicted octanol–water partition coefficient (Wildman–Crippen LogP) is 10.5. The van der Waals surface area contributed by atoms with Crippen molar-refractivity contribution in [2.45, 2.75) is 38.5 Å². The second-order valence-corrected chi connectivity index (χ2v) is 14.5. The highest BCUT2D eigenvalue weighted by atomic mass is 19.1. The van der Waals surface area contributed by atoms with Crippen molar-refractivity contribution in [1.29, 1.82) is 0 Å². The first-order valence-corrected chi connectivity index (χ1v) is 20.1. The van der Waals surface area contributed by atoms with Crippen molar-refractivity contribution >= 4 is 27.7 Å². The van der Waals surface area contributed by atoms with Crippen LogP contribution in [0.15, 0.2) is 163 Å². The zero-order chi connectivity index (χ0) is 43.9. The Labute approximate surface area is 360 Å². The van der Waals surface area contributed by atoms with Gasteiger partial charge in [-0.05, 0) is 134 Å². The van der Waals surface area contributed by atoms with E-state index in [4.69, 9.17) is 18.6 Å². The molecule has 0 spiro atoms. The van der Waals surface area contributed by atoms with E-state index in [9.17, 15) is 18.7 Å². The molecule has 12 nitrogen and oxygen atoms in total. The van der Waals surface area contributed by atoms with Gasteiger partial charge in [0.25, 0.3) is 5.89 Å². The molecule has 9 rings (SSSR count). The first kappa shape index (κ1) is 41.7. The Bertz CT molecular complexity index is 2950. The second kappa shape index (κ2) is 18.7. The summed E-state index contributed by atoms with van der Waals surface area (Å²) in [5.74, 6) is 1.17. The van der Waals surface area contributed by atoms with Gasteiger partial charge in [0.05, 0.1) is 54.2 Å². The highest BCUT2D eigenvalue weighted by molar-refractivity contribution is 5.89. The molecular formula is C49H42F2N6O6. The molecule has 2 N–H and O–H groups in total. The van der Waals surface area contributed by atoms with Crippen LogP contribution in [-0.2, 0) is 0 Å². The summed E-state index contributed by atoms with van der Waals surface area (Å²) >= 11 is 0. The Morgan fingerprint density at radius 1 is 0.730 bits per heavy atom. The second-order valence-electron chi connectivity index (χ2n) is 14.5. The molecule has 1 amide bonds. The van der Waals surface area contributed by atoms with Crippen LogP contribution in [0.2, 0.25) is 0 Å². The molecule has 0 bridgehead atoms. The average Bonchev–Trinajstić information content (AvgIpc) is 4.09. The fraction of sp³-hybridized carbons (Fsp3) is 0.143. The molecule has 0 aliphatic carbocycles. The maximum absolute atomic E-state index is 13.3. The third-order valence-electron chi connectivity index (χ3n) is 10.2. The Hall–Kier alpha value is -8.00. The maximum Gasteiger partial charge on any atom is 0.307 e. The van der Waals surface area contributed by atoms with Crippen molar-refractivity contribution in [3.8, 4) is 34.4 Å². The van der Waals surface area contributed by atoms with Gasteiger partial charge in [0.1, 0.15) is 53.1 Å². The van der Waals surface area contributed by atoms with Crippen LogP contribution in [0.5, 0.6) is 23.0 Å². The van der Waals surface area contributed by atoms with Crippen LogP contribution >= 0.6 is 0 Å². The molecule has 14 heteroatoms. The minimum atomic E-state index is -0.552. The van der Waals surface area contributed by atoms with Crippen molar-refractivity contribution < 1.29 is 37.3 Å². The summed E-state index contributed by atoms with van der Waals surface area (Å²) in [7, 11) is 1.59. The fourth-order valence-corrected chi connectivity index (χ4v) is 7.12. The number of nitrogens with one attached hydrogen (secondary N) is 1. The normalized spacial score (nSPS) is 12.5. The summed E-state index contributed by atoms with van der Waals surface area (Å²) in [4.78, 5) is 16.5. The molecule has 0 fully saturated rings. The molecule has 0 aliphatic rings. The molecule has 0 aliphatic heterocycles. The number of aromatic hydroxyl groups is 1. The van der Waals surface area contributed by atoms with Crippen molar-refractivity contribution in [2.24, 2.45) is 0 Å². The number of carbonyl (C=O) groups is 1. The van der Waals surface area contributed by atoms with E-state index in [0.29, 0.717) is 11.5 Å². The smallest absolute Gasteiger partial charge is 0.307 e. The fourth-order valence-electron chi connectivity index (χ4n) is 7.12. The summed E-state index contributed by atoms with van der Waals surface area (Å²) in [5, 5.41) is 23.2. The van der Waals surface area contributed by atoms with Gasteiger partial charge in [0, 0.05) is 10.8 Å². The number of phenols is 1. The summed E-state index contributed by atoms with van der Waals surface area (Å²) < 4.78 is 53.1. The minimum Gasteiger partial charge on any atom is -0.508 e. The van der Waals surface area contributed by atoms with Crippen molar-refractivity contribution in [1.82, 2.24) is 29.9 Å². The van der Waals surface area contributed by atoms with Crippen LogP contribution in [0.4, 0.5) is 8.78 Å². The topological polar surface area (TPSA) is 139 Å². The Kier molecular flexibility index (Phi) is 12.4. The maximum atomic E-state index is 13.3. The molecule has 0 saturated carbocycles. The molecule has 3 heterocycles. The third kappa shape index (κ3) is 9.65. The summed E-state index contributed by atoms with van der Waals surface area (Å²) in [5.41, 5.74) is 5.05. The number of halogens is 2. The highest BCUT2D eigenvalue weighted by Crippen LogP contribution is 2.32. The summed E-state index contributed by atoms with van der Waals surface area (Å²) in [6, 6.07) is 37.9. The Morgan fingerprint density at radius 2 is 1.32 bits per heavy atom. The summed E-state index contributed by atoms with van der Waals surface area (Å²) in [6.45, 7) is 3.88. The molecular weight excluding hydrogens is 807 g/mol. The lowest BCUT2D eigenvalue weighted by atomic mass is 10.0. The van der Waals surface area contributed by atoms with E-state index in [-0.39, 0.29) is 29.4 Å². The molecule has 0 radical (unpaired) electrons. The molecule has 0 unspecified atom stereocenters. The molecule has 63 heavy (non-hydrogen) atoms. The van der Waals surface area contributed by atoms with E-state index in [2.05, 4.69) is 20.5 Å². The van der Waals surface area contributed by atoms with Gasteiger partial charge in [-0.2, -0.15) is 10.2 Å². The van der Waals surface area contributed by atoms with Crippen molar-refractivity contribution in [3.05, 3.63) is 187 Å². The number of nitrogens with zero attached hydrogens (tertiary/aromatic N) is 5. The third-order valence-corrected chi connectivity index (χ3v) is 10.2. The number of phenolic OH excluding ortho intramolecular Hbond substituents is 1. The zero-order valence-electron chi connectivity index (χ0n) is 34.4. The van der Waals surface area contributed by atoms with Gasteiger partial charge in [0.15, 0.2) is 0 Å². The van der Waals surface area contributed by atoms with E-state index in [1.807, 2.05) is 86.6 Å². The van der Waals surface area contributed by atoms with Gasteiger partial charge in [0.2, 0.25) is 0 Å². The van der Waals surface area contributed by atoms with Gasteiger partial charge in [-0.15, -0.1) is 0 Å². The lowest BCUT2D eigenvalue weighted by Crippen LogP contribution is -2.39. The quantitative estimate of drug-likeness (QED) is 0.116. The number of rotatable bonds is 13. The number of amides is 1. The van der Waals surface area contributed by atoms with Crippen molar-refractivity contribution in [3.63, 3.8) is 0 Å². The number of hydrogen-bond acceptors (Lipinski definition) is 9. The largest absolute Gasteiger partial charge is 0.508 e. The molecule has 318 valence electrons. The molecule has 6 aromatic carbocycles. The van der Waals surface area contributed by atoms with Crippen LogP contribution in [0.25, 0.3) is 33.2 Å². The van der Waals surface area contributed by atoms with Crippen LogP contribution in [-0.4, -0.2) is 48.7 Å². The molecule has 3 aromatic heterocycles. The Morgan fingerprint density at radius 3 is 1.87 bits per heavy atom. The lowest BCUT2D eigenvalue weighted by Gasteiger charge is -2.26. The first-order valence-electron chi connectivity index (χ1n) is 20.1. The van der Waals surface area contributed by atoms with E-state index in [0.717, 1.165) is 56.5 Å². The first-order chi connectivity index (χ1) is 30.6. The van der Waals surface area contributed by atoms with Gasteiger partial charge in [-0.25, -0.2) is 23.1 Å². The molecule has 9 aromatic rings. The lowest BCUT2D eigenvalue weighted by molar-refractivity contribution is 0.0847. The minimum absolute atomic E-state index is 0.0270. The zero-order valence-corrected chi connectivity index (χ0v) is 34.4. The highest BCUT2D eigenvalue weighted by Gasteiger charge is 2.26. The number of benzene rings is 6. The van der Waals surface area contributed by atoms with Crippen LogP contribution in [0.3, 0.4) is 0 Å². The van der Waals surface area contributed by atoms with E-state index in [1.165, 1.54) is 36.7 Å². The number of ether oxygens (including phenoxy) is 3. The van der Waals surface area contributed by atoms with Gasteiger partial charge in [-0.1, -0.05) is 31.2 Å².